The van der Waals surface area contributed by atoms with Crippen LogP contribution in [0, 0.1) is 5.41 Å². The van der Waals surface area contributed by atoms with E-state index in [4.69, 9.17) is 13.6 Å². The SMILES string of the molecule is C=CCn1c(=O)n(CC=C)c(=O)n(CC2(Cn3c(=O)n(CC=C)c(=O)n(CC=C)c3=O)COP(=O)(OCc3ccccc3)OC2)c1=O. The molecule has 0 aliphatic carbocycles. The first-order chi connectivity index (χ1) is 22.4. The molecule has 47 heavy (non-hydrogen) atoms. The predicted molar refractivity (Wildman–Crippen MR) is 172 cm³/mol. The monoisotopic (exact) mass is 670 g/mol. The molecule has 1 aliphatic rings. The summed E-state index contributed by atoms with van der Waals surface area (Å²) in [5.74, 6) is 0. The summed E-state index contributed by atoms with van der Waals surface area (Å²) in [6, 6.07) is 8.78. The molecule has 3 aromatic rings. The zero-order valence-corrected chi connectivity index (χ0v) is 26.5. The molecule has 1 aromatic carbocycles. The number of aromatic nitrogens is 6. The van der Waals surface area contributed by atoms with Crippen molar-refractivity contribution >= 4 is 7.82 Å². The highest BCUT2D eigenvalue weighted by molar-refractivity contribution is 7.48. The van der Waals surface area contributed by atoms with Gasteiger partial charge in [-0.15, -0.1) is 26.3 Å². The van der Waals surface area contributed by atoms with E-state index in [1.54, 1.807) is 30.3 Å². The predicted octanol–water partition coefficient (Wildman–Crippen LogP) is 0.459. The third-order valence-corrected chi connectivity index (χ3v) is 8.63. The summed E-state index contributed by atoms with van der Waals surface area (Å²) >= 11 is 0. The van der Waals surface area contributed by atoms with E-state index >= 15 is 0 Å². The molecule has 0 atom stereocenters. The van der Waals surface area contributed by atoms with Gasteiger partial charge in [0.1, 0.15) is 0 Å². The largest absolute Gasteiger partial charge is 0.475 e. The van der Waals surface area contributed by atoms with Crippen molar-refractivity contribution in [3.05, 3.63) is 149 Å². The Kier molecular flexibility index (Phi) is 10.9. The van der Waals surface area contributed by atoms with Gasteiger partial charge in [-0.05, 0) is 5.56 Å². The fourth-order valence-electron chi connectivity index (χ4n) is 4.99. The summed E-state index contributed by atoms with van der Waals surface area (Å²) in [7, 11) is -4.22. The van der Waals surface area contributed by atoms with Crippen LogP contribution in [0.25, 0.3) is 0 Å². The summed E-state index contributed by atoms with van der Waals surface area (Å²) in [5.41, 5.74) is -6.81. The summed E-state index contributed by atoms with van der Waals surface area (Å²) in [6.07, 6.45) is 5.18. The van der Waals surface area contributed by atoms with Crippen molar-refractivity contribution in [2.24, 2.45) is 5.41 Å². The van der Waals surface area contributed by atoms with Crippen LogP contribution in [-0.4, -0.2) is 40.6 Å². The van der Waals surface area contributed by atoms with Crippen molar-refractivity contribution in [1.29, 1.82) is 0 Å². The lowest BCUT2D eigenvalue weighted by Crippen LogP contribution is -2.60. The van der Waals surface area contributed by atoms with Gasteiger partial charge in [0.05, 0.1) is 51.4 Å². The van der Waals surface area contributed by atoms with Gasteiger partial charge in [-0.25, -0.2) is 60.7 Å². The van der Waals surface area contributed by atoms with Gasteiger partial charge >= 0.3 is 42.0 Å². The molecule has 0 radical (unpaired) electrons. The number of allylic oxidation sites excluding steroid dienone is 4. The Morgan fingerprint density at radius 1 is 0.617 bits per heavy atom. The van der Waals surface area contributed by atoms with E-state index in [1.807, 2.05) is 0 Å². The van der Waals surface area contributed by atoms with Gasteiger partial charge in [0, 0.05) is 13.1 Å². The average molecular weight is 671 g/mol. The molecule has 1 fully saturated rings. The van der Waals surface area contributed by atoms with Gasteiger partial charge in [-0.3, -0.25) is 13.6 Å². The Morgan fingerprint density at radius 3 is 1.30 bits per heavy atom. The van der Waals surface area contributed by atoms with Crippen LogP contribution in [0.15, 0.2) is 110 Å². The molecule has 4 rings (SSSR count). The van der Waals surface area contributed by atoms with E-state index in [2.05, 4.69) is 26.3 Å². The number of hydrogen-bond donors (Lipinski definition) is 0. The van der Waals surface area contributed by atoms with E-state index in [-0.39, 0.29) is 32.8 Å². The zero-order valence-electron chi connectivity index (χ0n) is 25.6. The third kappa shape index (κ3) is 7.25. The molecule has 0 bridgehead atoms. The molecule has 1 aliphatic heterocycles. The zero-order chi connectivity index (χ0) is 34.4. The molecule has 0 unspecified atom stereocenters. The first-order valence-electron chi connectivity index (χ1n) is 14.3. The minimum atomic E-state index is -4.22. The maximum Gasteiger partial charge on any atom is 0.475 e. The quantitative estimate of drug-likeness (QED) is 0.163. The van der Waals surface area contributed by atoms with Crippen molar-refractivity contribution in [3.8, 4) is 0 Å². The van der Waals surface area contributed by atoms with E-state index in [0.29, 0.717) is 5.56 Å². The number of rotatable bonds is 15. The van der Waals surface area contributed by atoms with Crippen LogP contribution >= 0.6 is 7.82 Å². The van der Waals surface area contributed by atoms with Gasteiger partial charge < -0.3 is 0 Å². The average Bonchev–Trinajstić information content (AvgIpc) is 3.07. The Balaban J connectivity index is 1.87. The van der Waals surface area contributed by atoms with Gasteiger partial charge in [0.15, 0.2) is 0 Å². The maximum absolute atomic E-state index is 13.5. The highest BCUT2D eigenvalue weighted by Crippen LogP contribution is 2.55. The third-order valence-electron chi connectivity index (χ3n) is 7.29. The maximum atomic E-state index is 13.5. The van der Waals surface area contributed by atoms with Crippen LogP contribution < -0.4 is 34.1 Å². The van der Waals surface area contributed by atoms with E-state index < -0.39 is 73.7 Å². The van der Waals surface area contributed by atoms with Gasteiger partial charge in [-0.2, -0.15) is 0 Å². The Labute approximate surface area is 267 Å². The molecule has 2 aromatic heterocycles. The fourth-order valence-corrected chi connectivity index (χ4v) is 6.39. The number of phosphoric ester groups is 1. The van der Waals surface area contributed by atoms with Crippen molar-refractivity contribution in [2.75, 3.05) is 13.2 Å². The standard InChI is InChI=1S/C30H35N6O10P/c1-5-14-31-24(37)32(15-6-2)27(40)35(26(31)39)19-30(21-45-47(43,46-22-30)44-18-23-12-10-9-11-13-23)20-36-28(41)33(16-7-3)25(38)34(17-8-4)29(36)42/h5-13H,1-4,14-22H2. The lowest BCUT2D eigenvalue weighted by Gasteiger charge is -2.39. The molecule has 0 saturated carbocycles. The molecular weight excluding hydrogens is 635 g/mol. The smallest absolute Gasteiger partial charge is 0.286 e. The van der Waals surface area contributed by atoms with Gasteiger partial charge in [-0.1, -0.05) is 54.6 Å². The first-order valence-corrected chi connectivity index (χ1v) is 15.8. The minimum Gasteiger partial charge on any atom is -0.286 e. The summed E-state index contributed by atoms with van der Waals surface area (Å²) in [5, 5.41) is 0. The molecule has 16 nitrogen and oxygen atoms in total. The molecular formula is C30H35N6O10P. The normalized spacial score (nSPS) is 15.1. The summed E-state index contributed by atoms with van der Waals surface area (Å²) in [4.78, 5) is 80.1. The summed E-state index contributed by atoms with van der Waals surface area (Å²) < 4.78 is 34.7. The molecule has 0 amide bonds. The minimum absolute atomic E-state index is 0.137. The lowest BCUT2D eigenvalue weighted by atomic mass is 9.89. The van der Waals surface area contributed by atoms with Crippen molar-refractivity contribution in [1.82, 2.24) is 27.4 Å². The summed E-state index contributed by atoms with van der Waals surface area (Å²) in [6.45, 7) is 10.9. The van der Waals surface area contributed by atoms with Crippen LogP contribution in [0.3, 0.4) is 0 Å². The van der Waals surface area contributed by atoms with Crippen molar-refractivity contribution < 1.29 is 18.1 Å². The topological polar surface area (TPSA) is 177 Å². The number of hydrogen-bond acceptors (Lipinski definition) is 10. The van der Waals surface area contributed by atoms with Crippen molar-refractivity contribution in [3.63, 3.8) is 0 Å². The van der Waals surface area contributed by atoms with E-state index in [1.165, 1.54) is 24.3 Å². The Bertz CT molecular complexity index is 1880. The van der Waals surface area contributed by atoms with Crippen LogP contribution in [0.2, 0.25) is 0 Å². The lowest BCUT2D eigenvalue weighted by molar-refractivity contribution is -0.0397. The highest BCUT2D eigenvalue weighted by atomic mass is 31.2. The first kappa shape index (κ1) is 35.0. The molecule has 0 spiro atoms. The molecule has 1 saturated heterocycles. The second kappa shape index (κ2) is 14.7. The highest BCUT2D eigenvalue weighted by Gasteiger charge is 2.46. The number of nitrogens with zero attached hydrogens (tertiary/aromatic N) is 6. The second-order valence-corrected chi connectivity index (χ2v) is 12.4. The number of benzene rings is 1. The van der Waals surface area contributed by atoms with Crippen LogP contribution in [0.1, 0.15) is 5.56 Å². The van der Waals surface area contributed by atoms with E-state index in [0.717, 1.165) is 27.4 Å². The fraction of sp³-hybridized carbons (Fsp3) is 0.333. The molecule has 0 N–H and O–H groups in total. The molecule has 250 valence electrons. The number of phosphoric acid groups is 1. The van der Waals surface area contributed by atoms with Gasteiger partial charge in [0.25, 0.3) is 0 Å². The second-order valence-electron chi connectivity index (χ2n) is 10.7. The Hall–Kier alpha value is -4.89. The van der Waals surface area contributed by atoms with Crippen LogP contribution in [0.5, 0.6) is 0 Å². The van der Waals surface area contributed by atoms with Crippen LogP contribution in [-0.2, 0) is 64.0 Å². The van der Waals surface area contributed by atoms with E-state index in [9.17, 15) is 33.3 Å². The van der Waals surface area contributed by atoms with Crippen LogP contribution in [0.4, 0.5) is 0 Å². The van der Waals surface area contributed by atoms with Gasteiger partial charge in [0.2, 0.25) is 0 Å². The Morgan fingerprint density at radius 2 is 0.957 bits per heavy atom. The molecule has 17 heteroatoms. The van der Waals surface area contributed by atoms with Crippen molar-refractivity contribution in [2.45, 2.75) is 45.9 Å². The molecule has 3 heterocycles.